The Hall–Kier alpha value is -1.14. The molecule has 0 saturated heterocycles. The Morgan fingerprint density at radius 2 is 2.21 bits per heavy atom. The first kappa shape index (κ1) is 10.9. The van der Waals surface area contributed by atoms with Crippen molar-refractivity contribution in [1.29, 1.82) is 0 Å². The Morgan fingerprint density at radius 3 is 2.71 bits per heavy atom. The maximum absolute atomic E-state index is 11.5. The number of pyridine rings is 1. The molecule has 1 rings (SSSR count). The highest BCUT2D eigenvalue weighted by atomic mass is 32.2. The van der Waals surface area contributed by atoms with Crippen molar-refractivity contribution < 1.29 is 8.42 Å². The van der Waals surface area contributed by atoms with Gasteiger partial charge in [0.1, 0.15) is 5.82 Å². The highest BCUT2D eigenvalue weighted by Gasteiger charge is 2.17. The molecular formula is C8H13N3O2S. The molecule has 1 aromatic rings. The molecule has 0 saturated carbocycles. The number of rotatable bonds is 4. The van der Waals surface area contributed by atoms with E-state index in [0.29, 0.717) is 5.82 Å². The molecule has 0 aliphatic heterocycles. The van der Waals surface area contributed by atoms with Crippen molar-refractivity contribution in [3.05, 3.63) is 24.4 Å². The van der Waals surface area contributed by atoms with Gasteiger partial charge in [0.15, 0.2) is 0 Å². The average molecular weight is 215 g/mol. The van der Waals surface area contributed by atoms with E-state index in [9.17, 15) is 8.42 Å². The highest BCUT2D eigenvalue weighted by Crippen LogP contribution is 2.11. The molecular weight excluding hydrogens is 202 g/mol. The molecule has 2 N–H and O–H groups in total. The summed E-state index contributed by atoms with van der Waals surface area (Å²) in [6.45, 7) is 0.111. The van der Waals surface area contributed by atoms with Gasteiger partial charge in [0.2, 0.25) is 10.0 Å². The predicted molar refractivity (Wildman–Crippen MR) is 55.5 cm³/mol. The van der Waals surface area contributed by atoms with Crippen LogP contribution in [0.15, 0.2) is 24.4 Å². The van der Waals surface area contributed by atoms with Gasteiger partial charge in [0.25, 0.3) is 0 Å². The van der Waals surface area contributed by atoms with E-state index < -0.39 is 10.0 Å². The number of anilines is 1. The summed E-state index contributed by atoms with van der Waals surface area (Å²) in [4.78, 5) is 3.93. The second-order valence-electron chi connectivity index (χ2n) is 2.76. The van der Waals surface area contributed by atoms with Crippen LogP contribution in [0.4, 0.5) is 5.82 Å². The Labute approximate surface area is 83.6 Å². The minimum Gasteiger partial charge on any atom is -0.329 e. The van der Waals surface area contributed by atoms with Crippen LogP contribution in [0.3, 0.4) is 0 Å². The summed E-state index contributed by atoms with van der Waals surface area (Å²) in [5.41, 5.74) is 5.20. The molecule has 1 aromatic heterocycles. The molecule has 78 valence electrons. The standard InChI is InChI=1S/C8H13N3O2S/c1-11(14(12,13)7-5-9)8-4-2-3-6-10-8/h2-4,6H,5,7,9H2,1H3. The van der Waals surface area contributed by atoms with Crippen molar-refractivity contribution in [2.45, 2.75) is 0 Å². The van der Waals surface area contributed by atoms with Gasteiger partial charge in [0, 0.05) is 19.8 Å². The molecule has 0 spiro atoms. The summed E-state index contributed by atoms with van der Waals surface area (Å²) in [6.07, 6.45) is 1.55. The van der Waals surface area contributed by atoms with Gasteiger partial charge in [-0.1, -0.05) is 6.07 Å². The third-order valence-corrected chi connectivity index (χ3v) is 3.54. The SMILES string of the molecule is CN(c1ccccn1)S(=O)(=O)CCN. The second-order valence-corrected chi connectivity index (χ2v) is 4.88. The molecule has 1 heterocycles. The van der Waals surface area contributed by atoms with E-state index in [1.165, 1.54) is 7.05 Å². The van der Waals surface area contributed by atoms with E-state index >= 15 is 0 Å². The van der Waals surface area contributed by atoms with E-state index in [2.05, 4.69) is 4.98 Å². The largest absolute Gasteiger partial charge is 0.329 e. The van der Waals surface area contributed by atoms with Crippen LogP contribution in [0.2, 0.25) is 0 Å². The van der Waals surface area contributed by atoms with Gasteiger partial charge in [-0.15, -0.1) is 0 Å². The van der Waals surface area contributed by atoms with E-state index in [-0.39, 0.29) is 12.3 Å². The fraction of sp³-hybridized carbons (Fsp3) is 0.375. The number of aromatic nitrogens is 1. The minimum atomic E-state index is -3.32. The molecule has 0 amide bonds. The van der Waals surface area contributed by atoms with E-state index in [1.54, 1.807) is 24.4 Å². The van der Waals surface area contributed by atoms with Crippen molar-refractivity contribution in [3.8, 4) is 0 Å². The molecule has 0 fully saturated rings. The lowest BCUT2D eigenvalue weighted by atomic mass is 10.5. The normalized spacial score (nSPS) is 11.3. The van der Waals surface area contributed by atoms with E-state index in [4.69, 9.17) is 5.73 Å². The monoisotopic (exact) mass is 215 g/mol. The van der Waals surface area contributed by atoms with Gasteiger partial charge in [-0.3, -0.25) is 4.31 Å². The van der Waals surface area contributed by atoms with E-state index in [0.717, 1.165) is 4.31 Å². The van der Waals surface area contributed by atoms with Crippen LogP contribution >= 0.6 is 0 Å². The molecule has 0 bridgehead atoms. The van der Waals surface area contributed by atoms with Crippen LogP contribution in [-0.4, -0.2) is 32.7 Å². The molecule has 0 atom stereocenters. The highest BCUT2D eigenvalue weighted by molar-refractivity contribution is 7.92. The number of nitrogens with zero attached hydrogens (tertiary/aromatic N) is 2. The fourth-order valence-corrected chi connectivity index (χ4v) is 1.93. The smallest absolute Gasteiger partial charge is 0.237 e. The zero-order valence-corrected chi connectivity index (χ0v) is 8.74. The predicted octanol–water partition coefficient (Wildman–Crippen LogP) is -0.194. The molecule has 0 aliphatic rings. The summed E-state index contributed by atoms with van der Waals surface area (Å²) in [5.74, 6) is 0.334. The zero-order valence-electron chi connectivity index (χ0n) is 7.92. The quantitative estimate of drug-likeness (QED) is 0.755. The van der Waals surface area contributed by atoms with Gasteiger partial charge in [0.05, 0.1) is 5.75 Å². The number of hydrogen-bond acceptors (Lipinski definition) is 4. The minimum absolute atomic E-state index is 0.0694. The number of nitrogens with two attached hydrogens (primary N) is 1. The van der Waals surface area contributed by atoms with Gasteiger partial charge in [-0.05, 0) is 12.1 Å². The van der Waals surface area contributed by atoms with Crippen LogP contribution < -0.4 is 10.0 Å². The first-order valence-corrected chi connectivity index (χ1v) is 5.76. The van der Waals surface area contributed by atoms with Gasteiger partial charge >= 0.3 is 0 Å². The van der Waals surface area contributed by atoms with Crippen molar-refractivity contribution in [2.75, 3.05) is 23.7 Å². The van der Waals surface area contributed by atoms with Crippen molar-refractivity contribution in [1.82, 2.24) is 4.98 Å². The van der Waals surface area contributed by atoms with Gasteiger partial charge < -0.3 is 5.73 Å². The van der Waals surface area contributed by atoms with Crippen molar-refractivity contribution >= 4 is 15.8 Å². The summed E-state index contributed by atoms with van der Waals surface area (Å²) < 4.78 is 24.2. The average Bonchev–Trinajstić information content (AvgIpc) is 2.18. The van der Waals surface area contributed by atoms with Gasteiger partial charge in [-0.25, -0.2) is 13.4 Å². The van der Waals surface area contributed by atoms with Crippen molar-refractivity contribution in [2.24, 2.45) is 5.73 Å². The third-order valence-electron chi connectivity index (χ3n) is 1.76. The Balaban J connectivity index is 2.91. The van der Waals surface area contributed by atoms with E-state index in [1.807, 2.05) is 0 Å². The lowest BCUT2D eigenvalue weighted by Crippen LogP contribution is -2.32. The molecule has 0 aliphatic carbocycles. The van der Waals surface area contributed by atoms with Crippen LogP contribution in [0, 0.1) is 0 Å². The Kier molecular flexibility index (Phi) is 3.43. The second kappa shape index (κ2) is 4.39. The van der Waals surface area contributed by atoms with Crippen LogP contribution in [-0.2, 0) is 10.0 Å². The molecule has 5 nitrogen and oxygen atoms in total. The van der Waals surface area contributed by atoms with Crippen LogP contribution in [0.5, 0.6) is 0 Å². The first-order valence-electron chi connectivity index (χ1n) is 4.15. The van der Waals surface area contributed by atoms with Crippen LogP contribution in [0.25, 0.3) is 0 Å². The maximum Gasteiger partial charge on any atom is 0.237 e. The zero-order chi connectivity index (χ0) is 10.6. The third kappa shape index (κ3) is 2.43. The summed E-state index contributed by atoms with van der Waals surface area (Å²) >= 11 is 0. The Morgan fingerprint density at radius 1 is 1.50 bits per heavy atom. The maximum atomic E-state index is 11.5. The Bertz CT molecular complexity index is 377. The lowest BCUT2D eigenvalue weighted by Gasteiger charge is -2.17. The molecule has 0 unspecified atom stereocenters. The van der Waals surface area contributed by atoms with Gasteiger partial charge in [-0.2, -0.15) is 0 Å². The van der Waals surface area contributed by atoms with Crippen LogP contribution in [0.1, 0.15) is 0 Å². The molecule has 6 heteroatoms. The first-order chi connectivity index (χ1) is 6.58. The van der Waals surface area contributed by atoms with Crippen molar-refractivity contribution in [3.63, 3.8) is 0 Å². The summed E-state index contributed by atoms with van der Waals surface area (Å²) in [6, 6.07) is 5.09. The summed E-state index contributed by atoms with van der Waals surface area (Å²) in [7, 11) is -1.85. The molecule has 14 heavy (non-hydrogen) atoms. The number of hydrogen-bond donors (Lipinski definition) is 1. The molecule has 0 radical (unpaired) electrons. The fourth-order valence-electron chi connectivity index (χ4n) is 0.968. The molecule has 0 aromatic carbocycles. The topological polar surface area (TPSA) is 76.3 Å². The number of sulfonamides is 1. The summed E-state index contributed by atoms with van der Waals surface area (Å²) in [5, 5.41) is 0. The lowest BCUT2D eigenvalue weighted by molar-refractivity contribution is 0.594.